The molecule has 0 aromatic carbocycles. The Morgan fingerprint density at radius 3 is 2.38 bits per heavy atom. The lowest BCUT2D eigenvalue weighted by atomic mass is 9.90. The van der Waals surface area contributed by atoms with E-state index >= 15 is 0 Å². The lowest BCUT2D eigenvalue weighted by Gasteiger charge is -2.24. The van der Waals surface area contributed by atoms with Gasteiger partial charge in [0.05, 0.1) is 12.2 Å². The fourth-order valence-corrected chi connectivity index (χ4v) is 1.78. The summed E-state index contributed by atoms with van der Waals surface area (Å²) < 4.78 is 5.59. The molecule has 1 rings (SSSR count). The van der Waals surface area contributed by atoms with Crippen molar-refractivity contribution in [1.29, 1.82) is 0 Å². The van der Waals surface area contributed by atoms with Crippen LogP contribution in [0.3, 0.4) is 0 Å². The topological polar surface area (TPSA) is 29.5 Å². The molecule has 13 heavy (non-hydrogen) atoms. The van der Waals surface area contributed by atoms with Crippen molar-refractivity contribution in [2.45, 2.75) is 58.2 Å². The molecule has 1 fully saturated rings. The minimum absolute atomic E-state index is 0.0121. The zero-order chi connectivity index (χ0) is 9.68. The van der Waals surface area contributed by atoms with Crippen molar-refractivity contribution in [2.75, 3.05) is 6.61 Å². The molecule has 1 N–H and O–H groups in total. The van der Waals surface area contributed by atoms with Crippen LogP contribution in [0.25, 0.3) is 0 Å². The zero-order valence-corrected chi connectivity index (χ0v) is 8.83. The Kier molecular flexibility index (Phi) is 4.74. The summed E-state index contributed by atoms with van der Waals surface area (Å²) in [6.45, 7) is 4.56. The van der Waals surface area contributed by atoms with Crippen molar-refractivity contribution < 1.29 is 9.84 Å². The third-order valence-electron chi connectivity index (χ3n) is 3.00. The van der Waals surface area contributed by atoms with Gasteiger partial charge in [0.1, 0.15) is 0 Å². The summed E-state index contributed by atoms with van der Waals surface area (Å²) in [6, 6.07) is 0. The monoisotopic (exact) mass is 186 g/mol. The van der Waals surface area contributed by atoms with Gasteiger partial charge in [0.2, 0.25) is 0 Å². The summed E-state index contributed by atoms with van der Waals surface area (Å²) in [6.07, 6.45) is 6.38. The molecule has 0 bridgehead atoms. The zero-order valence-electron chi connectivity index (χ0n) is 8.83. The molecule has 2 atom stereocenters. The molecule has 0 heterocycles. The number of hydrogen-bond donors (Lipinski definition) is 1. The second-order valence-electron chi connectivity index (χ2n) is 4.28. The molecule has 0 aromatic heterocycles. The summed E-state index contributed by atoms with van der Waals surface area (Å²) in [7, 11) is 0. The fraction of sp³-hybridized carbons (Fsp3) is 1.00. The molecule has 2 nitrogen and oxygen atoms in total. The lowest BCUT2D eigenvalue weighted by molar-refractivity contribution is -0.0358. The smallest absolute Gasteiger partial charge is 0.0803 e. The van der Waals surface area contributed by atoms with E-state index in [-0.39, 0.29) is 12.2 Å². The summed E-state index contributed by atoms with van der Waals surface area (Å²) >= 11 is 0. The van der Waals surface area contributed by atoms with Crippen LogP contribution < -0.4 is 0 Å². The van der Waals surface area contributed by atoms with Crippen LogP contribution in [0.5, 0.6) is 0 Å². The average molecular weight is 186 g/mol. The van der Waals surface area contributed by atoms with Crippen LogP contribution in [-0.4, -0.2) is 23.9 Å². The van der Waals surface area contributed by atoms with Crippen LogP contribution in [-0.2, 0) is 4.74 Å². The molecular formula is C11H22O2. The van der Waals surface area contributed by atoms with Crippen molar-refractivity contribution in [2.24, 2.45) is 5.92 Å². The van der Waals surface area contributed by atoms with Gasteiger partial charge >= 0.3 is 0 Å². The maximum Gasteiger partial charge on any atom is 0.0803 e. The Balaban J connectivity index is 2.10. The molecule has 2 heteroatoms. The number of rotatable bonds is 4. The average Bonchev–Trinajstić information content (AvgIpc) is 2.15. The quantitative estimate of drug-likeness (QED) is 0.730. The second-order valence-corrected chi connectivity index (χ2v) is 4.28. The summed E-state index contributed by atoms with van der Waals surface area (Å²) in [5, 5.41) is 9.23. The van der Waals surface area contributed by atoms with Gasteiger partial charge in [-0.2, -0.15) is 0 Å². The first-order valence-electron chi connectivity index (χ1n) is 5.50. The molecular weight excluding hydrogens is 164 g/mol. The standard InChI is InChI=1S/C11H22O2/c1-9(12)10(2)13-8-11-6-4-3-5-7-11/h9-12H,3-8H2,1-2H3/t9-,10?/m1/s1. The van der Waals surface area contributed by atoms with Crippen LogP contribution in [0.4, 0.5) is 0 Å². The molecule has 78 valence electrons. The Morgan fingerprint density at radius 2 is 1.85 bits per heavy atom. The van der Waals surface area contributed by atoms with Gasteiger partial charge < -0.3 is 9.84 Å². The Morgan fingerprint density at radius 1 is 1.23 bits per heavy atom. The van der Waals surface area contributed by atoms with Crippen LogP contribution in [0.1, 0.15) is 46.0 Å². The minimum atomic E-state index is -0.344. The van der Waals surface area contributed by atoms with Crippen LogP contribution in [0, 0.1) is 5.92 Å². The van der Waals surface area contributed by atoms with E-state index in [0.29, 0.717) is 0 Å². The largest absolute Gasteiger partial charge is 0.391 e. The van der Waals surface area contributed by atoms with E-state index in [1.807, 2.05) is 6.92 Å². The summed E-state index contributed by atoms with van der Waals surface area (Å²) in [4.78, 5) is 0. The van der Waals surface area contributed by atoms with E-state index in [2.05, 4.69) is 0 Å². The normalized spacial score (nSPS) is 24.2. The molecule has 0 aliphatic heterocycles. The van der Waals surface area contributed by atoms with Crippen molar-refractivity contribution in [3.63, 3.8) is 0 Å². The first-order valence-corrected chi connectivity index (χ1v) is 5.50. The van der Waals surface area contributed by atoms with Crippen LogP contribution in [0.15, 0.2) is 0 Å². The van der Waals surface area contributed by atoms with E-state index in [9.17, 15) is 5.11 Å². The Bertz CT molecular complexity index is 128. The van der Waals surface area contributed by atoms with Gasteiger partial charge in [-0.25, -0.2) is 0 Å². The number of aliphatic hydroxyl groups excluding tert-OH is 1. The third kappa shape index (κ3) is 4.10. The lowest BCUT2D eigenvalue weighted by Crippen LogP contribution is -2.26. The highest BCUT2D eigenvalue weighted by Gasteiger charge is 2.16. The molecule has 0 radical (unpaired) electrons. The predicted molar refractivity (Wildman–Crippen MR) is 53.7 cm³/mol. The van der Waals surface area contributed by atoms with Gasteiger partial charge in [0.15, 0.2) is 0 Å². The highest BCUT2D eigenvalue weighted by Crippen LogP contribution is 2.24. The van der Waals surface area contributed by atoms with Gasteiger partial charge in [-0.1, -0.05) is 19.3 Å². The molecule has 1 aliphatic carbocycles. The van der Waals surface area contributed by atoms with Gasteiger partial charge in [0.25, 0.3) is 0 Å². The maximum absolute atomic E-state index is 9.23. The summed E-state index contributed by atoms with van der Waals surface area (Å²) in [5.74, 6) is 0.745. The highest BCUT2D eigenvalue weighted by molar-refractivity contribution is 4.66. The first-order chi connectivity index (χ1) is 6.20. The first kappa shape index (κ1) is 11.0. The van der Waals surface area contributed by atoms with Crippen LogP contribution in [0.2, 0.25) is 0 Å². The van der Waals surface area contributed by atoms with Gasteiger partial charge in [0, 0.05) is 6.61 Å². The van der Waals surface area contributed by atoms with Gasteiger partial charge in [-0.05, 0) is 32.6 Å². The number of hydrogen-bond acceptors (Lipinski definition) is 2. The van der Waals surface area contributed by atoms with Crippen molar-refractivity contribution in [3.05, 3.63) is 0 Å². The molecule has 1 unspecified atom stereocenters. The number of ether oxygens (including phenoxy) is 1. The fourth-order valence-electron chi connectivity index (χ4n) is 1.78. The van der Waals surface area contributed by atoms with E-state index in [1.165, 1.54) is 32.1 Å². The van der Waals surface area contributed by atoms with Crippen molar-refractivity contribution in [1.82, 2.24) is 0 Å². The second kappa shape index (κ2) is 5.61. The van der Waals surface area contributed by atoms with Gasteiger partial charge in [-0.3, -0.25) is 0 Å². The van der Waals surface area contributed by atoms with Crippen molar-refractivity contribution >= 4 is 0 Å². The van der Waals surface area contributed by atoms with Gasteiger partial charge in [-0.15, -0.1) is 0 Å². The minimum Gasteiger partial charge on any atom is -0.391 e. The van der Waals surface area contributed by atoms with E-state index in [1.54, 1.807) is 6.92 Å². The highest BCUT2D eigenvalue weighted by atomic mass is 16.5. The predicted octanol–water partition coefficient (Wildman–Crippen LogP) is 2.35. The van der Waals surface area contributed by atoms with Crippen LogP contribution >= 0.6 is 0 Å². The molecule has 0 saturated heterocycles. The Hall–Kier alpha value is -0.0800. The number of aliphatic hydroxyl groups is 1. The van der Waals surface area contributed by atoms with E-state index in [0.717, 1.165) is 12.5 Å². The Labute approximate surface area is 81.3 Å². The molecule has 0 amide bonds. The maximum atomic E-state index is 9.23. The molecule has 1 aliphatic rings. The molecule has 0 aromatic rings. The molecule has 0 spiro atoms. The molecule has 1 saturated carbocycles. The SMILES string of the molecule is CC(OCC1CCCCC1)[C@@H](C)O. The van der Waals surface area contributed by atoms with E-state index < -0.39 is 0 Å². The van der Waals surface area contributed by atoms with E-state index in [4.69, 9.17) is 4.74 Å². The van der Waals surface area contributed by atoms with Crippen molar-refractivity contribution in [3.8, 4) is 0 Å². The third-order valence-corrected chi connectivity index (χ3v) is 3.00. The summed E-state index contributed by atoms with van der Waals surface area (Å²) in [5.41, 5.74) is 0.